The zero-order valence-electron chi connectivity index (χ0n) is 24.6. The van der Waals surface area contributed by atoms with Crippen molar-refractivity contribution in [1.29, 1.82) is 0 Å². The molecule has 3 heterocycles. The van der Waals surface area contributed by atoms with Crippen LogP contribution in [0.1, 0.15) is 111 Å². The van der Waals surface area contributed by atoms with Crippen molar-refractivity contribution in [2.75, 3.05) is 0 Å². The molecule has 2 atom stereocenters. The third-order valence-electron chi connectivity index (χ3n) is 8.89. The molecule has 44 heavy (non-hydrogen) atoms. The number of nitrogens with zero attached hydrogens (tertiary/aromatic N) is 4. The van der Waals surface area contributed by atoms with Crippen LogP contribution in [0.2, 0.25) is 0 Å². The van der Waals surface area contributed by atoms with E-state index in [1.54, 1.807) is 32.3 Å². The summed E-state index contributed by atoms with van der Waals surface area (Å²) in [6.07, 6.45) is 3.97. The lowest BCUT2D eigenvalue weighted by Crippen LogP contribution is -2.39. The number of alkyl halides is 4. The van der Waals surface area contributed by atoms with Gasteiger partial charge in [-0.1, -0.05) is 0 Å². The number of primary amides is 1. The van der Waals surface area contributed by atoms with Gasteiger partial charge in [-0.15, -0.1) is 0 Å². The van der Waals surface area contributed by atoms with E-state index in [9.17, 15) is 27.2 Å². The molecule has 0 aromatic carbocycles. The molecule has 0 spiro atoms. The Morgan fingerprint density at radius 1 is 1.11 bits per heavy atom. The summed E-state index contributed by atoms with van der Waals surface area (Å²) in [6, 6.07) is 1.45. The van der Waals surface area contributed by atoms with Crippen LogP contribution in [0.25, 0.3) is 5.65 Å². The summed E-state index contributed by atoms with van der Waals surface area (Å²) in [7, 11) is 0. The number of hydrogen-bond acceptors (Lipinski definition) is 7. The standard InChI is InChI=1S/C30H36F4N6O4/c1-15(2)43-28-24(27(35)42)26(44-39-28)23(17-5-7-29(31,32)8-6-17)20-14-40-21(37-20)10-19(13-36-40)25(18-3-4-18)38-22(41)9-16-11-30(33,34)12-16/h10,13-18,23,25H,3-9,11-12H2,1-2H3,(H2,35,42)(H,38,41)/t23-,25+/m0/s1. The molecular weight excluding hydrogens is 584 g/mol. The maximum atomic E-state index is 14.2. The zero-order chi connectivity index (χ0) is 31.4. The van der Waals surface area contributed by atoms with Crippen LogP contribution in [-0.4, -0.2) is 49.5 Å². The van der Waals surface area contributed by atoms with E-state index < -0.39 is 23.7 Å². The van der Waals surface area contributed by atoms with Gasteiger partial charge < -0.3 is 20.3 Å². The first-order chi connectivity index (χ1) is 20.8. The summed E-state index contributed by atoms with van der Waals surface area (Å²) in [6.45, 7) is 3.52. The molecule has 3 saturated carbocycles. The van der Waals surface area contributed by atoms with Crippen LogP contribution in [0, 0.1) is 17.8 Å². The Morgan fingerprint density at radius 2 is 1.82 bits per heavy atom. The van der Waals surface area contributed by atoms with Gasteiger partial charge in [0.1, 0.15) is 5.56 Å². The van der Waals surface area contributed by atoms with Crippen molar-refractivity contribution >= 4 is 17.5 Å². The van der Waals surface area contributed by atoms with Gasteiger partial charge in [-0.3, -0.25) is 9.59 Å². The van der Waals surface area contributed by atoms with Crippen LogP contribution in [-0.2, 0) is 4.79 Å². The summed E-state index contributed by atoms with van der Waals surface area (Å²) in [5, 5.41) is 11.5. The summed E-state index contributed by atoms with van der Waals surface area (Å²) < 4.78 is 67.7. The van der Waals surface area contributed by atoms with Gasteiger partial charge in [0.05, 0.1) is 36.2 Å². The molecule has 3 aromatic rings. The van der Waals surface area contributed by atoms with Gasteiger partial charge in [0, 0.05) is 32.1 Å². The van der Waals surface area contributed by atoms with Crippen LogP contribution < -0.4 is 15.8 Å². The number of carbonyl (C=O) groups is 2. The highest BCUT2D eigenvalue weighted by molar-refractivity contribution is 5.96. The normalized spacial score (nSPS) is 21.6. The minimum absolute atomic E-state index is 0.0476. The highest BCUT2D eigenvalue weighted by atomic mass is 19.3. The number of hydrogen-bond donors (Lipinski definition) is 2. The van der Waals surface area contributed by atoms with E-state index in [1.807, 2.05) is 0 Å². The van der Waals surface area contributed by atoms with Gasteiger partial charge in [-0.05, 0) is 74.1 Å². The number of ether oxygens (including phenoxy) is 1. The quantitative estimate of drug-likeness (QED) is 0.268. The van der Waals surface area contributed by atoms with E-state index in [-0.39, 0.29) is 98.0 Å². The van der Waals surface area contributed by atoms with E-state index >= 15 is 0 Å². The molecule has 3 fully saturated rings. The fourth-order valence-corrected chi connectivity index (χ4v) is 6.57. The molecule has 0 saturated heterocycles. The van der Waals surface area contributed by atoms with E-state index in [1.165, 1.54) is 4.52 Å². The maximum absolute atomic E-state index is 14.2. The van der Waals surface area contributed by atoms with Gasteiger partial charge in [-0.25, -0.2) is 27.1 Å². The smallest absolute Gasteiger partial charge is 0.267 e. The summed E-state index contributed by atoms with van der Waals surface area (Å²) >= 11 is 0. The molecular formula is C30H36F4N6O4. The molecule has 0 aliphatic heterocycles. The van der Waals surface area contributed by atoms with Crippen LogP contribution in [0.5, 0.6) is 5.88 Å². The van der Waals surface area contributed by atoms with E-state index in [2.05, 4.69) is 15.6 Å². The van der Waals surface area contributed by atoms with Crippen molar-refractivity contribution in [3.8, 4) is 5.88 Å². The Balaban J connectivity index is 1.31. The van der Waals surface area contributed by atoms with Crippen molar-refractivity contribution in [3.63, 3.8) is 0 Å². The van der Waals surface area contributed by atoms with Gasteiger partial charge in [-0.2, -0.15) is 5.10 Å². The van der Waals surface area contributed by atoms with Crippen LogP contribution in [0.4, 0.5) is 17.6 Å². The largest absolute Gasteiger partial charge is 0.472 e. The lowest BCUT2D eigenvalue weighted by molar-refractivity contribution is -0.134. The minimum atomic E-state index is -2.78. The Bertz CT molecular complexity index is 1530. The molecule has 0 bridgehead atoms. The molecule has 6 rings (SSSR count). The van der Waals surface area contributed by atoms with Crippen molar-refractivity contribution in [3.05, 3.63) is 41.0 Å². The van der Waals surface area contributed by atoms with Crippen molar-refractivity contribution in [1.82, 2.24) is 25.1 Å². The molecule has 0 radical (unpaired) electrons. The fraction of sp³-hybridized carbons (Fsp3) is 0.633. The van der Waals surface area contributed by atoms with Gasteiger partial charge in [0.25, 0.3) is 11.8 Å². The fourth-order valence-electron chi connectivity index (χ4n) is 6.57. The number of halogens is 4. The van der Waals surface area contributed by atoms with Gasteiger partial charge in [0.15, 0.2) is 11.4 Å². The Hall–Kier alpha value is -3.71. The maximum Gasteiger partial charge on any atom is 0.267 e. The topological polar surface area (TPSA) is 138 Å². The van der Waals surface area contributed by atoms with Crippen LogP contribution in [0.3, 0.4) is 0 Å². The zero-order valence-corrected chi connectivity index (χ0v) is 24.6. The Morgan fingerprint density at radius 3 is 2.43 bits per heavy atom. The van der Waals surface area contributed by atoms with E-state index in [0.717, 1.165) is 18.4 Å². The number of nitrogens with two attached hydrogens (primary N) is 1. The van der Waals surface area contributed by atoms with E-state index in [0.29, 0.717) is 11.3 Å². The molecule has 0 unspecified atom stereocenters. The highest BCUT2D eigenvalue weighted by Crippen LogP contribution is 2.47. The molecule has 238 valence electrons. The minimum Gasteiger partial charge on any atom is -0.472 e. The SMILES string of the molecule is CC(C)Oc1noc([C@H](c2cn3ncc([C@H](NC(=O)CC4CC(F)(F)C4)C4CC4)cc3n2)C2CCC(F)(F)CC2)c1C(N)=O. The molecule has 3 aliphatic rings. The lowest BCUT2D eigenvalue weighted by Gasteiger charge is -2.34. The molecule has 10 nitrogen and oxygen atoms in total. The summed E-state index contributed by atoms with van der Waals surface area (Å²) in [5.41, 5.74) is 7.30. The number of nitrogens with one attached hydrogen (secondary N) is 1. The second-order valence-corrected chi connectivity index (χ2v) is 12.9. The van der Waals surface area contributed by atoms with Crippen molar-refractivity contribution in [2.24, 2.45) is 23.5 Å². The van der Waals surface area contributed by atoms with E-state index in [4.69, 9.17) is 20.0 Å². The molecule has 3 aliphatic carbocycles. The third-order valence-corrected chi connectivity index (χ3v) is 8.89. The Kier molecular flexibility index (Phi) is 7.81. The first-order valence-corrected chi connectivity index (χ1v) is 15.1. The monoisotopic (exact) mass is 620 g/mol. The number of carbonyl (C=O) groups excluding carboxylic acids is 2. The number of fused-ring (bicyclic) bond motifs is 1. The van der Waals surface area contributed by atoms with Crippen molar-refractivity contribution < 1.29 is 36.4 Å². The van der Waals surface area contributed by atoms with Crippen molar-refractivity contribution in [2.45, 2.75) is 102 Å². The predicted octanol–water partition coefficient (Wildman–Crippen LogP) is 5.56. The highest BCUT2D eigenvalue weighted by Gasteiger charge is 2.46. The second kappa shape index (κ2) is 11.3. The summed E-state index contributed by atoms with van der Waals surface area (Å²) in [4.78, 5) is 30.1. The average molecular weight is 621 g/mol. The molecule has 3 aromatic heterocycles. The van der Waals surface area contributed by atoms with Crippen LogP contribution in [0.15, 0.2) is 23.0 Å². The first-order valence-electron chi connectivity index (χ1n) is 15.1. The van der Waals surface area contributed by atoms with Crippen LogP contribution >= 0.6 is 0 Å². The third kappa shape index (κ3) is 6.39. The molecule has 3 N–H and O–H groups in total. The predicted molar refractivity (Wildman–Crippen MR) is 148 cm³/mol. The number of imidazole rings is 1. The second-order valence-electron chi connectivity index (χ2n) is 12.9. The molecule has 14 heteroatoms. The summed E-state index contributed by atoms with van der Waals surface area (Å²) in [5.74, 6) is -7.72. The lowest BCUT2D eigenvalue weighted by atomic mass is 9.75. The number of amides is 2. The first kappa shape index (κ1) is 30.3. The molecule has 2 amide bonds. The Labute approximate surface area is 251 Å². The number of rotatable bonds is 11. The average Bonchev–Trinajstić information content (AvgIpc) is 3.55. The van der Waals surface area contributed by atoms with Gasteiger partial charge in [0.2, 0.25) is 17.8 Å². The van der Waals surface area contributed by atoms with Gasteiger partial charge >= 0.3 is 0 Å². The number of aromatic nitrogens is 4.